The molecule has 2 N–H and O–H groups in total. The fourth-order valence-electron chi connectivity index (χ4n) is 1.10. The zero-order valence-electron chi connectivity index (χ0n) is 9.76. The molecule has 0 amide bonds. The Bertz CT molecular complexity index is 314. The van der Waals surface area contributed by atoms with Gasteiger partial charge in [0.15, 0.2) is 0 Å². The highest BCUT2D eigenvalue weighted by atomic mass is 14.7. The lowest BCUT2D eigenvalue weighted by atomic mass is 10.1. The molecule has 0 saturated heterocycles. The predicted molar refractivity (Wildman–Crippen MR) is 65.1 cm³/mol. The molecule has 2 heteroatoms. The van der Waals surface area contributed by atoms with E-state index in [1.165, 1.54) is 5.56 Å². The van der Waals surface area contributed by atoms with Crippen molar-refractivity contribution in [3.05, 3.63) is 29.3 Å². The molecule has 0 heterocycles. The summed E-state index contributed by atoms with van der Waals surface area (Å²) in [7, 11) is 1.77. The third-order valence-electron chi connectivity index (χ3n) is 1.93. The van der Waals surface area contributed by atoms with Gasteiger partial charge in [-0.15, -0.1) is 0 Å². The third-order valence-corrected chi connectivity index (χ3v) is 1.93. The summed E-state index contributed by atoms with van der Waals surface area (Å²) < 4.78 is 0. The van der Waals surface area contributed by atoms with Gasteiger partial charge >= 0.3 is 0 Å². The van der Waals surface area contributed by atoms with Gasteiger partial charge in [-0.2, -0.15) is 0 Å². The maximum absolute atomic E-state index is 5.79. The molecule has 0 bridgehead atoms. The smallest absolute Gasteiger partial charge is 0.0406 e. The molecule has 14 heavy (non-hydrogen) atoms. The van der Waals surface area contributed by atoms with Crippen molar-refractivity contribution in [2.24, 2.45) is 4.99 Å². The van der Waals surface area contributed by atoms with Crippen LogP contribution in [-0.2, 0) is 0 Å². The van der Waals surface area contributed by atoms with Gasteiger partial charge in [0, 0.05) is 24.0 Å². The van der Waals surface area contributed by atoms with Gasteiger partial charge in [-0.25, -0.2) is 0 Å². The van der Waals surface area contributed by atoms with Gasteiger partial charge in [0.1, 0.15) is 0 Å². The molecule has 78 valence electrons. The zero-order valence-corrected chi connectivity index (χ0v) is 9.76. The average molecular weight is 192 g/mol. The number of nitrogens with zero attached hydrogens (tertiary/aromatic N) is 1. The highest BCUT2D eigenvalue weighted by Gasteiger charge is 2.00. The van der Waals surface area contributed by atoms with Crippen LogP contribution in [0.2, 0.25) is 0 Å². The number of rotatable bonds is 1. The summed E-state index contributed by atoms with van der Waals surface area (Å²) in [6, 6.07) is 5.97. The summed E-state index contributed by atoms with van der Waals surface area (Å²) in [5.74, 6) is 0. The average Bonchev–Trinajstić information content (AvgIpc) is 2.23. The Morgan fingerprint density at radius 3 is 2.36 bits per heavy atom. The van der Waals surface area contributed by atoms with Gasteiger partial charge in [-0.3, -0.25) is 4.99 Å². The van der Waals surface area contributed by atoms with E-state index in [4.69, 9.17) is 5.73 Å². The molecule has 0 aliphatic heterocycles. The Kier molecular flexibility index (Phi) is 5.61. The SMILES string of the molecule is CC.CN=C(C)c1cc(C)ccc1N. The van der Waals surface area contributed by atoms with Crippen molar-refractivity contribution in [1.29, 1.82) is 0 Å². The molecule has 0 aliphatic rings. The molecule has 0 saturated carbocycles. The highest BCUT2D eigenvalue weighted by molar-refractivity contribution is 6.03. The fraction of sp³-hybridized carbons (Fsp3) is 0.417. The fourth-order valence-corrected chi connectivity index (χ4v) is 1.10. The van der Waals surface area contributed by atoms with E-state index in [0.29, 0.717) is 0 Å². The third kappa shape index (κ3) is 3.21. The minimum absolute atomic E-state index is 0.795. The van der Waals surface area contributed by atoms with Gasteiger partial charge in [0.05, 0.1) is 0 Å². The summed E-state index contributed by atoms with van der Waals surface area (Å²) in [6.07, 6.45) is 0. The van der Waals surface area contributed by atoms with Crippen LogP contribution in [0.25, 0.3) is 0 Å². The Morgan fingerprint density at radius 1 is 1.29 bits per heavy atom. The molecule has 0 aromatic heterocycles. The van der Waals surface area contributed by atoms with Gasteiger partial charge in [0.2, 0.25) is 0 Å². The van der Waals surface area contributed by atoms with Crippen LogP contribution < -0.4 is 5.73 Å². The highest BCUT2D eigenvalue weighted by Crippen LogP contribution is 2.14. The van der Waals surface area contributed by atoms with Crippen molar-refractivity contribution in [2.45, 2.75) is 27.7 Å². The van der Waals surface area contributed by atoms with Gasteiger partial charge in [-0.05, 0) is 26.0 Å². The van der Waals surface area contributed by atoms with Crippen LogP contribution in [0.1, 0.15) is 31.9 Å². The van der Waals surface area contributed by atoms with Crippen molar-refractivity contribution in [3.63, 3.8) is 0 Å². The summed E-state index contributed by atoms with van der Waals surface area (Å²) in [5, 5.41) is 0. The molecule has 2 nitrogen and oxygen atoms in total. The van der Waals surface area contributed by atoms with Crippen LogP contribution in [0.5, 0.6) is 0 Å². The van der Waals surface area contributed by atoms with Gasteiger partial charge in [0.25, 0.3) is 0 Å². The van der Waals surface area contributed by atoms with E-state index >= 15 is 0 Å². The summed E-state index contributed by atoms with van der Waals surface area (Å²) in [6.45, 7) is 8.01. The normalized spacial score (nSPS) is 10.5. The van der Waals surface area contributed by atoms with E-state index in [-0.39, 0.29) is 0 Å². The lowest BCUT2D eigenvalue weighted by Gasteiger charge is -2.05. The van der Waals surface area contributed by atoms with E-state index in [9.17, 15) is 0 Å². The van der Waals surface area contributed by atoms with Crippen molar-refractivity contribution in [3.8, 4) is 0 Å². The van der Waals surface area contributed by atoms with E-state index in [1.807, 2.05) is 39.8 Å². The van der Waals surface area contributed by atoms with Crippen molar-refractivity contribution >= 4 is 11.4 Å². The van der Waals surface area contributed by atoms with E-state index < -0.39 is 0 Å². The second-order valence-corrected chi connectivity index (χ2v) is 2.90. The van der Waals surface area contributed by atoms with Gasteiger partial charge < -0.3 is 5.73 Å². The first-order valence-corrected chi connectivity index (χ1v) is 4.95. The molecule has 1 rings (SSSR count). The molecule has 1 aromatic rings. The maximum atomic E-state index is 5.79. The lowest BCUT2D eigenvalue weighted by molar-refractivity contribution is 1.39. The second-order valence-electron chi connectivity index (χ2n) is 2.90. The maximum Gasteiger partial charge on any atom is 0.0406 e. The van der Waals surface area contributed by atoms with Crippen LogP contribution in [0.3, 0.4) is 0 Å². The molecular weight excluding hydrogens is 172 g/mol. The van der Waals surface area contributed by atoms with E-state index in [0.717, 1.165) is 17.0 Å². The Hall–Kier alpha value is -1.31. The molecule has 0 fully saturated rings. The molecule has 1 aromatic carbocycles. The molecule has 0 aliphatic carbocycles. The Labute approximate surface area is 86.9 Å². The summed E-state index contributed by atoms with van der Waals surface area (Å²) in [4.78, 5) is 4.10. The number of hydrogen-bond donors (Lipinski definition) is 1. The summed E-state index contributed by atoms with van der Waals surface area (Å²) >= 11 is 0. The molecule has 0 unspecified atom stereocenters. The lowest BCUT2D eigenvalue weighted by Crippen LogP contribution is -2.00. The van der Waals surface area contributed by atoms with E-state index in [2.05, 4.69) is 11.1 Å². The minimum atomic E-state index is 0.795. The predicted octanol–water partition coefficient (Wildman–Crippen LogP) is 3.04. The molecule has 0 atom stereocenters. The Balaban J connectivity index is 0.000000791. The Morgan fingerprint density at radius 2 is 1.86 bits per heavy atom. The van der Waals surface area contributed by atoms with Gasteiger partial charge in [-0.1, -0.05) is 25.5 Å². The number of nitrogens with two attached hydrogens (primary N) is 1. The quantitative estimate of drug-likeness (QED) is 0.539. The number of aryl methyl sites for hydroxylation is 1. The molecule has 0 radical (unpaired) electrons. The molecular formula is C12H20N2. The monoisotopic (exact) mass is 192 g/mol. The van der Waals surface area contributed by atoms with Crippen LogP contribution >= 0.6 is 0 Å². The van der Waals surface area contributed by atoms with Crippen molar-refractivity contribution < 1.29 is 0 Å². The number of hydrogen-bond acceptors (Lipinski definition) is 2. The van der Waals surface area contributed by atoms with Crippen molar-refractivity contribution in [2.75, 3.05) is 12.8 Å². The first kappa shape index (κ1) is 12.7. The number of anilines is 1. The zero-order chi connectivity index (χ0) is 11.1. The number of benzene rings is 1. The van der Waals surface area contributed by atoms with Crippen LogP contribution in [0, 0.1) is 6.92 Å². The van der Waals surface area contributed by atoms with Crippen LogP contribution in [-0.4, -0.2) is 12.8 Å². The first-order chi connectivity index (χ1) is 6.65. The van der Waals surface area contributed by atoms with Crippen molar-refractivity contribution in [1.82, 2.24) is 0 Å². The topological polar surface area (TPSA) is 38.4 Å². The van der Waals surface area contributed by atoms with Crippen LogP contribution in [0.15, 0.2) is 23.2 Å². The standard InChI is InChI=1S/C10H14N2.C2H6/c1-7-4-5-10(11)9(6-7)8(2)12-3;1-2/h4-6H,11H2,1-3H3;1-2H3. The summed E-state index contributed by atoms with van der Waals surface area (Å²) in [5.41, 5.74) is 9.81. The minimum Gasteiger partial charge on any atom is -0.398 e. The second kappa shape index (κ2) is 6.19. The first-order valence-electron chi connectivity index (χ1n) is 4.95. The molecule has 0 spiro atoms. The number of aliphatic imine (C=N–C) groups is 1. The van der Waals surface area contributed by atoms with Crippen LogP contribution in [0.4, 0.5) is 5.69 Å². The van der Waals surface area contributed by atoms with E-state index in [1.54, 1.807) is 7.05 Å². The number of nitrogen functional groups attached to an aromatic ring is 1. The largest absolute Gasteiger partial charge is 0.398 e.